The van der Waals surface area contributed by atoms with Crippen molar-refractivity contribution in [3.05, 3.63) is 22.4 Å². The second-order valence-electron chi connectivity index (χ2n) is 5.20. The van der Waals surface area contributed by atoms with E-state index in [9.17, 15) is 0 Å². The first kappa shape index (κ1) is 9.86. The zero-order valence-electron chi connectivity index (χ0n) is 9.11. The molecule has 0 saturated heterocycles. The molecule has 1 N–H and O–H groups in total. The van der Waals surface area contributed by atoms with Crippen LogP contribution in [0.4, 0.5) is 0 Å². The Bertz CT molecular complexity index is 306. The molecule has 3 atom stereocenters. The van der Waals surface area contributed by atoms with Crippen molar-refractivity contribution in [2.24, 2.45) is 17.8 Å². The van der Waals surface area contributed by atoms with Gasteiger partial charge in [-0.1, -0.05) is 6.42 Å². The van der Waals surface area contributed by atoms with Crippen molar-refractivity contribution in [3.8, 4) is 0 Å². The third-order valence-corrected chi connectivity index (χ3v) is 4.93. The van der Waals surface area contributed by atoms with E-state index >= 15 is 0 Å². The lowest BCUT2D eigenvalue weighted by molar-refractivity contribution is 0.318. The topological polar surface area (TPSA) is 12.0 Å². The van der Waals surface area contributed by atoms with Crippen molar-refractivity contribution < 1.29 is 0 Å². The molecule has 2 aliphatic carbocycles. The number of hydrogen-bond acceptors (Lipinski definition) is 2. The third-order valence-electron chi connectivity index (χ3n) is 4.20. The molecule has 1 aromatic heterocycles. The summed E-state index contributed by atoms with van der Waals surface area (Å²) in [7, 11) is 0. The molecule has 82 valence electrons. The molecule has 2 aliphatic rings. The molecule has 2 bridgehead atoms. The average molecular weight is 221 g/mol. The second kappa shape index (κ2) is 4.26. The van der Waals surface area contributed by atoms with Gasteiger partial charge in [0.1, 0.15) is 0 Å². The van der Waals surface area contributed by atoms with Gasteiger partial charge in [0, 0.05) is 6.54 Å². The van der Waals surface area contributed by atoms with E-state index < -0.39 is 0 Å². The summed E-state index contributed by atoms with van der Waals surface area (Å²) in [5.74, 6) is 3.13. The van der Waals surface area contributed by atoms with Gasteiger partial charge in [-0.25, -0.2) is 0 Å². The molecule has 2 heteroatoms. The van der Waals surface area contributed by atoms with Gasteiger partial charge in [-0.05, 0) is 66.0 Å². The van der Waals surface area contributed by atoms with E-state index in [4.69, 9.17) is 0 Å². The van der Waals surface area contributed by atoms with Gasteiger partial charge >= 0.3 is 0 Å². The van der Waals surface area contributed by atoms with E-state index in [1.54, 1.807) is 11.3 Å². The molecule has 0 amide bonds. The quantitative estimate of drug-likeness (QED) is 0.823. The molecule has 0 radical (unpaired) electrons. The maximum absolute atomic E-state index is 3.62. The summed E-state index contributed by atoms with van der Waals surface area (Å²) < 4.78 is 0. The normalized spacial score (nSPS) is 33.7. The van der Waals surface area contributed by atoms with Crippen molar-refractivity contribution in [3.63, 3.8) is 0 Å². The van der Waals surface area contributed by atoms with Crippen LogP contribution in [0.15, 0.2) is 16.8 Å². The summed E-state index contributed by atoms with van der Waals surface area (Å²) in [6.45, 7) is 2.31. The molecule has 2 saturated carbocycles. The fraction of sp³-hybridized carbons (Fsp3) is 0.692. The first-order valence-electron chi connectivity index (χ1n) is 6.13. The van der Waals surface area contributed by atoms with Gasteiger partial charge in [-0.3, -0.25) is 0 Å². The van der Waals surface area contributed by atoms with E-state index in [1.165, 1.54) is 37.8 Å². The van der Waals surface area contributed by atoms with E-state index in [1.807, 2.05) is 0 Å². The van der Waals surface area contributed by atoms with Crippen LogP contribution in [0.25, 0.3) is 0 Å². The molecule has 1 nitrogen and oxygen atoms in total. The van der Waals surface area contributed by atoms with Crippen LogP contribution in [-0.4, -0.2) is 6.54 Å². The molecule has 15 heavy (non-hydrogen) atoms. The van der Waals surface area contributed by atoms with Gasteiger partial charge in [0.05, 0.1) is 0 Å². The van der Waals surface area contributed by atoms with Crippen molar-refractivity contribution in [1.29, 1.82) is 0 Å². The molecule has 1 aromatic rings. The highest BCUT2D eigenvalue weighted by Gasteiger charge is 2.38. The lowest BCUT2D eigenvalue weighted by atomic mass is 9.89. The maximum atomic E-state index is 3.62. The summed E-state index contributed by atoms with van der Waals surface area (Å²) in [5, 5.41) is 8.03. The monoisotopic (exact) mass is 221 g/mol. The Hall–Kier alpha value is -0.340. The number of fused-ring (bicyclic) bond motifs is 2. The zero-order chi connectivity index (χ0) is 10.1. The minimum Gasteiger partial charge on any atom is -0.312 e. The van der Waals surface area contributed by atoms with Crippen molar-refractivity contribution >= 4 is 11.3 Å². The number of thiophene rings is 1. The highest BCUT2D eigenvalue weighted by molar-refractivity contribution is 7.07. The molecule has 2 fully saturated rings. The summed E-state index contributed by atoms with van der Waals surface area (Å²) >= 11 is 1.79. The van der Waals surface area contributed by atoms with Crippen LogP contribution in [0, 0.1) is 17.8 Å². The average Bonchev–Trinajstić information content (AvgIpc) is 2.93. The lowest BCUT2D eigenvalue weighted by Crippen LogP contribution is -2.25. The molecule has 0 spiro atoms. The van der Waals surface area contributed by atoms with Crippen molar-refractivity contribution in [2.75, 3.05) is 6.54 Å². The minimum absolute atomic E-state index is 0.988. The van der Waals surface area contributed by atoms with Crippen LogP contribution in [-0.2, 0) is 6.54 Å². The Kier molecular flexibility index (Phi) is 2.80. The summed E-state index contributed by atoms with van der Waals surface area (Å²) in [4.78, 5) is 0. The first-order chi connectivity index (χ1) is 7.42. The van der Waals surface area contributed by atoms with Crippen LogP contribution in [0.5, 0.6) is 0 Å². The Balaban J connectivity index is 1.43. The zero-order valence-corrected chi connectivity index (χ0v) is 9.93. The molecular weight excluding hydrogens is 202 g/mol. The largest absolute Gasteiger partial charge is 0.312 e. The van der Waals surface area contributed by atoms with Gasteiger partial charge in [0.2, 0.25) is 0 Å². The number of rotatable bonds is 4. The second-order valence-corrected chi connectivity index (χ2v) is 5.98. The fourth-order valence-corrected chi connectivity index (χ4v) is 4.09. The molecule has 0 aromatic carbocycles. The standard InChI is InChI=1S/C13H19NS/c1-2-12-5-10(1)6-13(12)8-14-7-11-3-4-15-9-11/h3-4,9-10,12-14H,1-2,5-8H2. The Morgan fingerprint density at radius 2 is 2.33 bits per heavy atom. The van der Waals surface area contributed by atoms with Crippen molar-refractivity contribution in [1.82, 2.24) is 5.32 Å². The Labute approximate surface area is 95.9 Å². The Morgan fingerprint density at radius 1 is 1.33 bits per heavy atom. The van der Waals surface area contributed by atoms with Crippen LogP contribution in [0.2, 0.25) is 0 Å². The SMILES string of the molecule is c1cc(CNCC2CC3CCC2C3)cs1. The summed E-state index contributed by atoms with van der Waals surface area (Å²) in [6.07, 6.45) is 6.06. The van der Waals surface area contributed by atoms with Gasteiger partial charge in [-0.15, -0.1) is 0 Å². The molecular formula is C13H19NS. The van der Waals surface area contributed by atoms with Gasteiger partial charge < -0.3 is 5.32 Å². The number of nitrogens with one attached hydrogen (secondary N) is 1. The van der Waals surface area contributed by atoms with Crippen LogP contribution in [0.1, 0.15) is 31.2 Å². The fourth-order valence-electron chi connectivity index (χ4n) is 3.42. The third kappa shape index (κ3) is 2.11. The van der Waals surface area contributed by atoms with E-state index in [2.05, 4.69) is 22.1 Å². The van der Waals surface area contributed by atoms with E-state index in [0.29, 0.717) is 0 Å². The minimum atomic E-state index is 0.988. The maximum Gasteiger partial charge on any atom is 0.0213 e. The van der Waals surface area contributed by atoms with E-state index in [-0.39, 0.29) is 0 Å². The predicted molar refractivity (Wildman–Crippen MR) is 65.0 cm³/mol. The smallest absolute Gasteiger partial charge is 0.0213 e. The van der Waals surface area contributed by atoms with Gasteiger partial charge in [0.25, 0.3) is 0 Å². The van der Waals surface area contributed by atoms with Gasteiger partial charge in [-0.2, -0.15) is 11.3 Å². The summed E-state index contributed by atoms with van der Waals surface area (Å²) in [5.41, 5.74) is 1.45. The van der Waals surface area contributed by atoms with Crippen LogP contribution >= 0.6 is 11.3 Å². The lowest BCUT2D eigenvalue weighted by Gasteiger charge is -2.21. The highest BCUT2D eigenvalue weighted by atomic mass is 32.1. The van der Waals surface area contributed by atoms with E-state index in [0.717, 1.165) is 24.3 Å². The molecule has 1 heterocycles. The predicted octanol–water partition coefficient (Wildman–Crippen LogP) is 3.27. The molecule has 0 aliphatic heterocycles. The summed E-state index contributed by atoms with van der Waals surface area (Å²) in [6, 6.07) is 2.22. The van der Waals surface area contributed by atoms with Gasteiger partial charge in [0.15, 0.2) is 0 Å². The molecule has 3 rings (SSSR count). The Morgan fingerprint density at radius 3 is 3.00 bits per heavy atom. The number of hydrogen-bond donors (Lipinski definition) is 1. The first-order valence-corrected chi connectivity index (χ1v) is 7.08. The van der Waals surface area contributed by atoms with Crippen LogP contribution in [0.3, 0.4) is 0 Å². The highest BCUT2D eigenvalue weighted by Crippen LogP contribution is 2.47. The molecule has 3 unspecified atom stereocenters. The van der Waals surface area contributed by atoms with Crippen LogP contribution < -0.4 is 5.32 Å². The van der Waals surface area contributed by atoms with Crippen molar-refractivity contribution in [2.45, 2.75) is 32.2 Å².